The van der Waals surface area contributed by atoms with Crippen molar-refractivity contribution >= 4 is 23.1 Å². The Balaban J connectivity index is 2.11. The summed E-state index contributed by atoms with van der Waals surface area (Å²) in [5, 5.41) is 13.6. The molecule has 1 heterocycles. The van der Waals surface area contributed by atoms with Crippen LogP contribution in [0.3, 0.4) is 0 Å². The van der Waals surface area contributed by atoms with Crippen LogP contribution in [0, 0.1) is 10.1 Å². The van der Waals surface area contributed by atoms with Gasteiger partial charge in [0.1, 0.15) is 6.33 Å². The van der Waals surface area contributed by atoms with E-state index in [-0.39, 0.29) is 28.8 Å². The molecule has 1 aliphatic carbocycles. The topological polar surface area (TPSA) is 90.2 Å². The van der Waals surface area contributed by atoms with Crippen molar-refractivity contribution in [2.75, 3.05) is 12.4 Å². The van der Waals surface area contributed by atoms with Crippen LogP contribution in [0.15, 0.2) is 6.33 Å². The maximum Gasteiger partial charge on any atom is 0.348 e. The Hall–Kier alpha value is -1.47. The lowest BCUT2D eigenvalue weighted by atomic mass is 9.89. The summed E-state index contributed by atoms with van der Waals surface area (Å²) in [5.74, 6) is 0.162. The van der Waals surface area contributed by atoms with Gasteiger partial charge in [0.15, 0.2) is 0 Å². The van der Waals surface area contributed by atoms with E-state index in [1.165, 1.54) is 6.33 Å². The Morgan fingerprint density at radius 3 is 2.88 bits per heavy atom. The van der Waals surface area contributed by atoms with Crippen molar-refractivity contribution in [2.24, 2.45) is 0 Å². The van der Waals surface area contributed by atoms with Gasteiger partial charge in [-0.1, -0.05) is 11.6 Å². The number of anilines is 1. The van der Waals surface area contributed by atoms with Gasteiger partial charge in [-0.3, -0.25) is 10.1 Å². The molecule has 7 nitrogen and oxygen atoms in total. The molecule has 1 saturated carbocycles. The molecular formula is C9H11ClN4O3. The molecule has 1 aromatic rings. The first-order chi connectivity index (χ1) is 8.11. The molecular weight excluding hydrogens is 248 g/mol. The number of ether oxygens (including phenoxy) is 1. The van der Waals surface area contributed by atoms with Crippen LogP contribution in [0.5, 0.6) is 0 Å². The van der Waals surface area contributed by atoms with Crippen molar-refractivity contribution in [3.05, 3.63) is 21.6 Å². The second kappa shape index (κ2) is 4.80. The van der Waals surface area contributed by atoms with Gasteiger partial charge < -0.3 is 10.1 Å². The smallest absolute Gasteiger partial charge is 0.348 e. The molecule has 2 rings (SSSR count). The molecule has 1 N–H and O–H groups in total. The average Bonchev–Trinajstić information content (AvgIpc) is 2.22. The molecule has 0 radical (unpaired) electrons. The molecule has 1 aromatic heterocycles. The van der Waals surface area contributed by atoms with Crippen molar-refractivity contribution < 1.29 is 9.66 Å². The van der Waals surface area contributed by atoms with Crippen molar-refractivity contribution in [3.8, 4) is 0 Å². The molecule has 1 aliphatic rings. The van der Waals surface area contributed by atoms with E-state index in [1.54, 1.807) is 7.11 Å². The summed E-state index contributed by atoms with van der Waals surface area (Å²) < 4.78 is 5.12. The Labute approximate surface area is 102 Å². The minimum atomic E-state index is -0.586. The highest BCUT2D eigenvalue weighted by molar-refractivity contribution is 6.31. The maximum absolute atomic E-state index is 10.8. The SMILES string of the molecule is COC1CC(Nc2ncnc(Cl)c2[N+](=O)[O-])C1. The Bertz CT molecular complexity index is 436. The van der Waals surface area contributed by atoms with Crippen LogP contribution in [0.25, 0.3) is 0 Å². The van der Waals surface area contributed by atoms with Crippen molar-refractivity contribution in [1.82, 2.24) is 9.97 Å². The lowest BCUT2D eigenvalue weighted by Crippen LogP contribution is -2.40. The fourth-order valence-electron chi connectivity index (χ4n) is 1.69. The van der Waals surface area contributed by atoms with E-state index >= 15 is 0 Å². The first kappa shape index (κ1) is 12.0. The second-order valence-electron chi connectivity index (χ2n) is 3.79. The van der Waals surface area contributed by atoms with E-state index in [0.717, 1.165) is 12.8 Å². The standard InChI is InChI=1S/C9H11ClN4O3/c1-17-6-2-5(3-6)13-9-7(14(15)16)8(10)11-4-12-9/h4-6H,2-3H2,1H3,(H,11,12,13). The van der Waals surface area contributed by atoms with Crippen LogP contribution in [-0.4, -0.2) is 34.1 Å². The highest BCUT2D eigenvalue weighted by Gasteiger charge is 2.32. The number of halogens is 1. The molecule has 92 valence electrons. The molecule has 0 amide bonds. The van der Waals surface area contributed by atoms with E-state index in [9.17, 15) is 10.1 Å². The van der Waals surface area contributed by atoms with Crippen molar-refractivity contribution in [3.63, 3.8) is 0 Å². The zero-order valence-corrected chi connectivity index (χ0v) is 9.85. The summed E-state index contributed by atoms with van der Waals surface area (Å²) in [4.78, 5) is 17.7. The molecule has 0 saturated heterocycles. The fraction of sp³-hybridized carbons (Fsp3) is 0.556. The number of nitrogens with zero attached hydrogens (tertiary/aromatic N) is 3. The summed E-state index contributed by atoms with van der Waals surface area (Å²) in [5.41, 5.74) is -0.282. The van der Waals surface area contributed by atoms with Crippen LogP contribution in [0.4, 0.5) is 11.5 Å². The molecule has 0 bridgehead atoms. The largest absolute Gasteiger partial charge is 0.381 e. The normalized spacial score (nSPS) is 22.9. The minimum Gasteiger partial charge on any atom is -0.381 e. The number of aromatic nitrogens is 2. The first-order valence-corrected chi connectivity index (χ1v) is 5.43. The van der Waals surface area contributed by atoms with Gasteiger partial charge in [0.05, 0.1) is 11.0 Å². The van der Waals surface area contributed by atoms with Crippen LogP contribution in [0.2, 0.25) is 5.15 Å². The number of nitro groups is 1. The maximum atomic E-state index is 10.8. The fourth-order valence-corrected chi connectivity index (χ4v) is 1.90. The van der Waals surface area contributed by atoms with Gasteiger partial charge in [-0.05, 0) is 12.8 Å². The summed E-state index contributed by atoms with van der Waals surface area (Å²) in [6.45, 7) is 0. The van der Waals surface area contributed by atoms with Crippen LogP contribution >= 0.6 is 11.6 Å². The minimum absolute atomic E-state index is 0.129. The molecule has 0 spiro atoms. The lowest BCUT2D eigenvalue weighted by molar-refractivity contribution is -0.384. The molecule has 8 heteroatoms. The number of methoxy groups -OCH3 is 1. The molecule has 0 aliphatic heterocycles. The van der Waals surface area contributed by atoms with E-state index in [1.807, 2.05) is 0 Å². The lowest BCUT2D eigenvalue weighted by Gasteiger charge is -2.34. The van der Waals surface area contributed by atoms with E-state index < -0.39 is 4.92 Å². The summed E-state index contributed by atoms with van der Waals surface area (Å²) in [6.07, 6.45) is 3.01. The van der Waals surface area contributed by atoms with Crippen LogP contribution < -0.4 is 5.32 Å². The third-order valence-electron chi connectivity index (χ3n) is 2.73. The summed E-state index contributed by atoms with van der Waals surface area (Å²) >= 11 is 5.67. The van der Waals surface area contributed by atoms with Gasteiger partial charge in [0, 0.05) is 13.2 Å². The van der Waals surface area contributed by atoms with Gasteiger partial charge in [-0.25, -0.2) is 9.97 Å². The molecule has 1 fully saturated rings. The van der Waals surface area contributed by atoms with Crippen molar-refractivity contribution in [2.45, 2.75) is 25.0 Å². The van der Waals surface area contributed by atoms with Crippen molar-refractivity contribution in [1.29, 1.82) is 0 Å². The quantitative estimate of drug-likeness (QED) is 0.501. The van der Waals surface area contributed by atoms with Gasteiger partial charge in [0.2, 0.25) is 11.0 Å². The predicted octanol–water partition coefficient (Wildman–Crippen LogP) is 1.63. The van der Waals surface area contributed by atoms with Gasteiger partial charge in [-0.2, -0.15) is 0 Å². The number of rotatable bonds is 4. The Morgan fingerprint density at radius 1 is 1.59 bits per heavy atom. The predicted molar refractivity (Wildman–Crippen MR) is 61.1 cm³/mol. The molecule has 0 atom stereocenters. The average molecular weight is 259 g/mol. The summed E-state index contributed by atoms with van der Waals surface area (Å²) in [6, 6.07) is 0.129. The number of hydrogen-bond donors (Lipinski definition) is 1. The van der Waals surface area contributed by atoms with E-state index in [4.69, 9.17) is 16.3 Å². The highest BCUT2D eigenvalue weighted by atomic mass is 35.5. The van der Waals surface area contributed by atoms with Gasteiger partial charge >= 0.3 is 5.69 Å². The highest BCUT2D eigenvalue weighted by Crippen LogP contribution is 2.32. The first-order valence-electron chi connectivity index (χ1n) is 5.06. The molecule has 17 heavy (non-hydrogen) atoms. The molecule has 0 aromatic carbocycles. The van der Waals surface area contributed by atoms with Crippen LogP contribution in [0.1, 0.15) is 12.8 Å². The zero-order chi connectivity index (χ0) is 12.4. The van der Waals surface area contributed by atoms with E-state index in [2.05, 4.69) is 15.3 Å². The second-order valence-corrected chi connectivity index (χ2v) is 4.15. The monoisotopic (exact) mass is 258 g/mol. The van der Waals surface area contributed by atoms with Gasteiger partial charge in [-0.15, -0.1) is 0 Å². The zero-order valence-electron chi connectivity index (χ0n) is 9.09. The third kappa shape index (κ3) is 2.45. The van der Waals surface area contributed by atoms with Crippen LogP contribution in [-0.2, 0) is 4.74 Å². The summed E-state index contributed by atoms with van der Waals surface area (Å²) in [7, 11) is 1.64. The molecule has 0 unspecified atom stereocenters. The number of hydrogen-bond acceptors (Lipinski definition) is 6. The van der Waals surface area contributed by atoms with Gasteiger partial charge in [0.25, 0.3) is 0 Å². The Morgan fingerprint density at radius 2 is 2.29 bits per heavy atom. The third-order valence-corrected chi connectivity index (χ3v) is 3.01. The van der Waals surface area contributed by atoms with E-state index in [0.29, 0.717) is 0 Å². The Kier molecular flexibility index (Phi) is 3.39. The number of nitrogens with one attached hydrogen (secondary N) is 1.